The molecule has 6 heteroatoms. The summed E-state index contributed by atoms with van der Waals surface area (Å²) in [7, 11) is 0. The number of hydrogen-bond acceptors (Lipinski definition) is 5. The van der Waals surface area contributed by atoms with Gasteiger partial charge in [0.1, 0.15) is 0 Å². The maximum absolute atomic E-state index is 8.50. The number of hydrogen-bond donors (Lipinski definition) is 1. The molecule has 0 spiro atoms. The van der Waals surface area contributed by atoms with Crippen LogP contribution in [0.25, 0.3) is 0 Å². The lowest BCUT2D eigenvalue weighted by Gasteiger charge is -2.12. The van der Waals surface area contributed by atoms with Crippen molar-refractivity contribution in [3.05, 3.63) is 11.9 Å². The van der Waals surface area contributed by atoms with E-state index in [0.29, 0.717) is 33.0 Å². The van der Waals surface area contributed by atoms with E-state index in [4.69, 9.17) is 14.6 Å². The summed E-state index contributed by atoms with van der Waals surface area (Å²) >= 11 is 0. The maximum atomic E-state index is 8.50. The average Bonchev–Trinajstić information content (AvgIpc) is 2.76. The van der Waals surface area contributed by atoms with Crippen molar-refractivity contribution in [2.45, 2.75) is 32.7 Å². The van der Waals surface area contributed by atoms with Crippen LogP contribution in [0.3, 0.4) is 0 Å². The molecule has 0 aliphatic carbocycles. The zero-order chi connectivity index (χ0) is 13.4. The molecule has 1 aromatic heterocycles. The van der Waals surface area contributed by atoms with Gasteiger partial charge in [0.05, 0.1) is 45.3 Å². The Hall–Kier alpha value is -0.980. The first-order chi connectivity index (χ1) is 8.54. The highest BCUT2D eigenvalue weighted by Crippen LogP contribution is 2.18. The van der Waals surface area contributed by atoms with Gasteiger partial charge in [0.15, 0.2) is 0 Å². The summed E-state index contributed by atoms with van der Waals surface area (Å²) in [5, 5.41) is 16.7. The van der Waals surface area contributed by atoms with Gasteiger partial charge < -0.3 is 14.6 Å². The van der Waals surface area contributed by atoms with Crippen molar-refractivity contribution in [1.82, 2.24) is 15.0 Å². The molecule has 0 amide bonds. The molecule has 18 heavy (non-hydrogen) atoms. The van der Waals surface area contributed by atoms with E-state index < -0.39 is 0 Å². The molecule has 0 aliphatic rings. The van der Waals surface area contributed by atoms with Gasteiger partial charge in [-0.05, 0) is 0 Å². The number of nitrogens with zero attached hydrogens (tertiary/aromatic N) is 3. The van der Waals surface area contributed by atoms with Gasteiger partial charge in [0.25, 0.3) is 0 Å². The third kappa shape index (κ3) is 5.57. The van der Waals surface area contributed by atoms with Crippen LogP contribution >= 0.6 is 0 Å². The molecular weight excluding hydrogens is 234 g/mol. The van der Waals surface area contributed by atoms with Crippen molar-refractivity contribution in [1.29, 1.82) is 0 Å². The fourth-order valence-electron chi connectivity index (χ4n) is 1.30. The van der Waals surface area contributed by atoms with Gasteiger partial charge in [0, 0.05) is 11.6 Å². The van der Waals surface area contributed by atoms with E-state index in [1.165, 1.54) is 0 Å². The lowest BCUT2D eigenvalue weighted by atomic mass is 9.93. The quantitative estimate of drug-likeness (QED) is 0.691. The zero-order valence-corrected chi connectivity index (χ0v) is 11.4. The summed E-state index contributed by atoms with van der Waals surface area (Å²) in [6.07, 6.45) is 1.95. The fourth-order valence-corrected chi connectivity index (χ4v) is 1.30. The Morgan fingerprint density at radius 1 is 1.17 bits per heavy atom. The number of aromatic nitrogens is 3. The average molecular weight is 257 g/mol. The topological polar surface area (TPSA) is 69.4 Å². The highest BCUT2D eigenvalue weighted by molar-refractivity contribution is 5.06. The van der Waals surface area contributed by atoms with Crippen LogP contribution in [-0.2, 0) is 21.4 Å². The molecule has 1 rings (SSSR count). The molecule has 6 nitrogen and oxygen atoms in total. The van der Waals surface area contributed by atoms with E-state index in [1.807, 2.05) is 6.20 Å². The Morgan fingerprint density at radius 2 is 1.83 bits per heavy atom. The van der Waals surface area contributed by atoms with Crippen molar-refractivity contribution in [2.75, 3.05) is 33.0 Å². The Labute approximate surface area is 108 Å². The Bertz CT molecular complexity index is 334. The highest BCUT2D eigenvalue weighted by atomic mass is 16.5. The monoisotopic (exact) mass is 257 g/mol. The minimum atomic E-state index is 0.0250. The predicted octanol–water partition coefficient (Wildman–Crippen LogP) is 0.601. The summed E-state index contributed by atoms with van der Waals surface area (Å²) in [5.74, 6) is 0. The Morgan fingerprint density at radius 3 is 2.39 bits per heavy atom. The van der Waals surface area contributed by atoms with Gasteiger partial charge in [-0.2, -0.15) is 0 Å². The van der Waals surface area contributed by atoms with Crippen LogP contribution in [0.2, 0.25) is 0 Å². The maximum Gasteiger partial charge on any atom is 0.0880 e. The third-order valence-electron chi connectivity index (χ3n) is 2.38. The molecule has 0 atom stereocenters. The van der Waals surface area contributed by atoms with Gasteiger partial charge in [-0.25, -0.2) is 4.68 Å². The standard InChI is InChI=1S/C12H23N3O3/c1-12(2,3)11-10-15(14-13-11)4-6-17-8-9-18-7-5-16/h10,16H,4-9H2,1-3H3. The molecule has 0 unspecified atom stereocenters. The van der Waals surface area contributed by atoms with Crippen LogP contribution in [0.1, 0.15) is 26.5 Å². The van der Waals surface area contributed by atoms with Crippen LogP contribution in [0.4, 0.5) is 0 Å². The van der Waals surface area contributed by atoms with Gasteiger partial charge in [-0.3, -0.25) is 0 Å². The summed E-state index contributed by atoms with van der Waals surface area (Å²) in [4.78, 5) is 0. The summed E-state index contributed by atoms with van der Waals surface area (Å²) in [5.41, 5.74) is 1.01. The summed E-state index contributed by atoms with van der Waals surface area (Å²) in [6, 6.07) is 0. The molecule has 0 saturated carbocycles. The Kier molecular flexibility index (Phi) is 6.24. The molecule has 1 heterocycles. The molecule has 0 saturated heterocycles. The molecule has 0 radical (unpaired) electrons. The smallest absolute Gasteiger partial charge is 0.0880 e. The van der Waals surface area contributed by atoms with Crippen molar-refractivity contribution in [2.24, 2.45) is 0 Å². The summed E-state index contributed by atoms with van der Waals surface area (Å²) < 4.78 is 12.2. The minimum absolute atomic E-state index is 0.0250. The number of aliphatic hydroxyl groups is 1. The van der Waals surface area contributed by atoms with E-state index in [0.717, 1.165) is 5.69 Å². The molecule has 1 N–H and O–H groups in total. The molecule has 1 aromatic rings. The van der Waals surface area contributed by atoms with Crippen LogP contribution in [0.15, 0.2) is 6.20 Å². The second-order valence-corrected chi connectivity index (χ2v) is 5.07. The lowest BCUT2D eigenvalue weighted by molar-refractivity contribution is 0.0302. The second kappa shape index (κ2) is 7.45. The van der Waals surface area contributed by atoms with E-state index >= 15 is 0 Å². The first-order valence-corrected chi connectivity index (χ1v) is 6.21. The SMILES string of the molecule is CC(C)(C)c1cn(CCOCCOCCO)nn1. The first kappa shape index (κ1) is 15.1. The van der Waals surface area contributed by atoms with Crippen LogP contribution in [-0.4, -0.2) is 53.1 Å². The minimum Gasteiger partial charge on any atom is -0.394 e. The molecule has 0 aromatic carbocycles. The van der Waals surface area contributed by atoms with Crippen molar-refractivity contribution in [3.63, 3.8) is 0 Å². The second-order valence-electron chi connectivity index (χ2n) is 5.07. The van der Waals surface area contributed by atoms with E-state index in [1.54, 1.807) is 4.68 Å². The van der Waals surface area contributed by atoms with Gasteiger partial charge in [0.2, 0.25) is 0 Å². The van der Waals surface area contributed by atoms with Crippen molar-refractivity contribution < 1.29 is 14.6 Å². The number of rotatable bonds is 8. The zero-order valence-electron chi connectivity index (χ0n) is 11.4. The summed E-state index contributed by atoms with van der Waals surface area (Å²) in [6.45, 7) is 9.03. The van der Waals surface area contributed by atoms with Gasteiger partial charge in [-0.1, -0.05) is 26.0 Å². The molecule has 104 valence electrons. The molecule has 0 aliphatic heterocycles. The van der Waals surface area contributed by atoms with Gasteiger partial charge >= 0.3 is 0 Å². The highest BCUT2D eigenvalue weighted by Gasteiger charge is 2.17. The molecule has 0 fully saturated rings. The fraction of sp³-hybridized carbons (Fsp3) is 0.833. The largest absolute Gasteiger partial charge is 0.394 e. The molecule has 0 bridgehead atoms. The Balaban J connectivity index is 2.14. The first-order valence-electron chi connectivity index (χ1n) is 6.21. The van der Waals surface area contributed by atoms with Crippen molar-refractivity contribution >= 4 is 0 Å². The van der Waals surface area contributed by atoms with Gasteiger partial charge in [-0.15, -0.1) is 5.10 Å². The van der Waals surface area contributed by atoms with Crippen molar-refractivity contribution in [3.8, 4) is 0 Å². The van der Waals surface area contributed by atoms with E-state index in [9.17, 15) is 0 Å². The number of aliphatic hydroxyl groups excluding tert-OH is 1. The van der Waals surface area contributed by atoms with Crippen LogP contribution < -0.4 is 0 Å². The van der Waals surface area contributed by atoms with Crippen LogP contribution in [0, 0.1) is 0 Å². The van der Waals surface area contributed by atoms with E-state index in [-0.39, 0.29) is 12.0 Å². The molecular formula is C12H23N3O3. The number of ether oxygens (including phenoxy) is 2. The van der Waals surface area contributed by atoms with Crippen LogP contribution in [0.5, 0.6) is 0 Å². The normalized spacial score (nSPS) is 12.0. The third-order valence-corrected chi connectivity index (χ3v) is 2.38. The predicted molar refractivity (Wildman–Crippen MR) is 67.4 cm³/mol. The van der Waals surface area contributed by atoms with E-state index in [2.05, 4.69) is 31.1 Å². The lowest BCUT2D eigenvalue weighted by Crippen LogP contribution is -2.12.